The molecule has 2 aromatic rings. The lowest BCUT2D eigenvalue weighted by Crippen LogP contribution is -2.24. The van der Waals surface area contributed by atoms with Crippen LogP contribution in [0.2, 0.25) is 0 Å². The third-order valence-corrected chi connectivity index (χ3v) is 4.46. The van der Waals surface area contributed by atoms with Gasteiger partial charge in [-0.1, -0.05) is 25.5 Å². The Hall–Kier alpha value is -1.65. The van der Waals surface area contributed by atoms with Crippen LogP contribution in [0, 0.1) is 6.92 Å². The number of hydrogen-bond donors (Lipinski definition) is 2. The van der Waals surface area contributed by atoms with Crippen molar-refractivity contribution in [2.75, 3.05) is 6.54 Å². The first-order chi connectivity index (χ1) is 10.7. The normalized spacial score (nSPS) is 10.6. The van der Waals surface area contributed by atoms with E-state index in [9.17, 15) is 4.79 Å². The lowest BCUT2D eigenvalue weighted by atomic mass is 10.1. The van der Waals surface area contributed by atoms with Gasteiger partial charge in [0.2, 0.25) is 0 Å². The second-order valence-corrected chi connectivity index (χ2v) is 6.79. The van der Waals surface area contributed by atoms with Gasteiger partial charge >= 0.3 is 0 Å². The molecule has 0 aliphatic rings. The summed E-state index contributed by atoms with van der Waals surface area (Å²) in [5, 5.41) is 6.36. The Morgan fingerprint density at radius 2 is 1.86 bits per heavy atom. The largest absolute Gasteiger partial charge is 0.352 e. The number of carbonyl (C=O) groups excluding carboxylic acids is 1. The molecule has 0 fully saturated rings. The first-order valence-corrected chi connectivity index (χ1v) is 8.64. The van der Waals surface area contributed by atoms with E-state index in [1.54, 1.807) is 0 Å². The maximum atomic E-state index is 11.9. The number of aryl methyl sites for hydroxylation is 1. The first kappa shape index (κ1) is 16.7. The van der Waals surface area contributed by atoms with Crippen LogP contribution in [-0.4, -0.2) is 12.5 Å². The van der Waals surface area contributed by atoms with Gasteiger partial charge in [-0.15, -0.1) is 11.3 Å². The number of unbranched alkanes of at least 4 members (excludes halogenated alkanes) is 1. The standard InChI is InChI=1S/C18H24N2OS/c1-3-4-11-20-18(21)16-8-6-15(7-9-16)12-19-13-17-10-5-14(2)22-17/h5-10,19H,3-4,11-13H2,1-2H3,(H,20,21). The molecule has 0 bridgehead atoms. The molecular weight excluding hydrogens is 292 g/mol. The van der Waals surface area contributed by atoms with Crippen molar-refractivity contribution in [3.63, 3.8) is 0 Å². The van der Waals surface area contributed by atoms with Crippen LogP contribution in [0.25, 0.3) is 0 Å². The Morgan fingerprint density at radius 1 is 1.09 bits per heavy atom. The maximum Gasteiger partial charge on any atom is 0.251 e. The molecule has 0 aliphatic carbocycles. The van der Waals surface area contributed by atoms with Crippen LogP contribution in [0.4, 0.5) is 0 Å². The van der Waals surface area contributed by atoms with Crippen molar-refractivity contribution < 1.29 is 4.79 Å². The van der Waals surface area contributed by atoms with Gasteiger partial charge in [-0.3, -0.25) is 4.79 Å². The van der Waals surface area contributed by atoms with Gasteiger partial charge in [0.05, 0.1) is 0 Å². The SMILES string of the molecule is CCCCNC(=O)c1ccc(CNCc2ccc(C)s2)cc1. The van der Waals surface area contributed by atoms with E-state index in [-0.39, 0.29) is 5.91 Å². The minimum atomic E-state index is 0.0158. The minimum Gasteiger partial charge on any atom is -0.352 e. The second-order valence-electron chi connectivity index (χ2n) is 5.42. The molecule has 3 nitrogen and oxygen atoms in total. The molecule has 1 aromatic carbocycles. The van der Waals surface area contributed by atoms with Gasteiger partial charge in [0.25, 0.3) is 5.91 Å². The van der Waals surface area contributed by atoms with Gasteiger partial charge in [-0.05, 0) is 43.2 Å². The molecular formula is C18H24N2OS. The van der Waals surface area contributed by atoms with Gasteiger partial charge in [-0.25, -0.2) is 0 Å². The van der Waals surface area contributed by atoms with E-state index in [4.69, 9.17) is 0 Å². The summed E-state index contributed by atoms with van der Waals surface area (Å²) in [6.45, 7) is 6.69. The number of amides is 1. The van der Waals surface area contributed by atoms with Gasteiger partial charge in [-0.2, -0.15) is 0 Å². The van der Waals surface area contributed by atoms with Gasteiger partial charge in [0.1, 0.15) is 0 Å². The molecule has 22 heavy (non-hydrogen) atoms. The lowest BCUT2D eigenvalue weighted by molar-refractivity contribution is 0.0953. The van der Waals surface area contributed by atoms with Gasteiger partial charge in [0.15, 0.2) is 0 Å². The monoisotopic (exact) mass is 316 g/mol. The smallest absolute Gasteiger partial charge is 0.251 e. The molecule has 4 heteroatoms. The molecule has 1 aromatic heterocycles. The summed E-state index contributed by atoms with van der Waals surface area (Å²) in [5.74, 6) is 0.0158. The molecule has 0 unspecified atom stereocenters. The van der Waals surface area contributed by atoms with Gasteiger partial charge < -0.3 is 10.6 Å². The molecule has 0 spiro atoms. The average Bonchev–Trinajstić information content (AvgIpc) is 2.93. The molecule has 1 heterocycles. The maximum absolute atomic E-state index is 11.9. The number of thiophene rings is 1. The lowest BCUT2D eigenvalue weighted by Gasteiger charge is -2.06. The van der Waals surface area contributed by atoms with Crippen LogP contribution in [0.5, 0.6) is 0 Å². The van der Waals surface area contributed by atoms with Crippen LogP contribution in [0.1, 0.15) is 45.4 Å². The van der Waals surface area contributed by atoms with Crippen molar-refractivity contribution in [3.8, 4) is 0 Å². The summed E-state index contributed by atoms with van der Waals surface area (Å²) in [6, 6.07) is 12.1. The Bertz CT molecular complexity index is 589. The molecule has 2 N–H and O–H groups in total. The topological polar surface area (TPSA) is 41.1 Å². The zero-order chi connectivity index (χ0) is 15.8. The fraction of sp³-hybridized carbons (Fsp3) is 0.389. The van der Waals surface area contributed by atoms with E-state index < -0.39 is 0 Å². The molecule has 118 valence electrons. The Morgan fingerprint density at radius 3 is 2.50 bits per heavy atom. The van der Waals surface area contributed by atoms with E-state index in [0.717, 1.165) is 38.0 Å². The predicted octanol–water partition coefficient (Wildman–Crippen LogP) is 3.88. The molecule has 0 atom stereocenters. The van der Waals surface area contributed by atoms with Crippen molar-refractivity contribution in [2.45, 2.75) is 39.8 Å². The molecule has 1 amide bonds. The van der Waals surface area contributed by atoms with E-state index >= 15 is 0 Å². The van der Waals surface area contributed by atoms with E-state index in [1.165, 1.54) is 15.3 Å². The number of benzene rings is 1. The zero-order valence-corrected chi connectivity index (χ0v) is 14.1. The number of rotatable bonds is 8. The van der Waals surface area contributed by atoms with Crippen molar-refractivity contribution in [1.29, 1.82) is 0 Å². The summed E-state index contributed by atoms with van der Waals surface area (Å²) in [5.41, 5.74) is 1.92. The quantitative estimate of drug-likeness (QED) is 0.726. The predicted molar refractivity (Wildman–Crippen MR) is 93.3 cm³/mol. The van der Waals surface area contributed by atoms with Crippen molar-refractivity contribution in [2.24, 2.45) is 0 Å². The number of carbonyl (C=O) groups is 1. The van der Waals surface area contributed by atoms with Crippen molar-refractivity contribution >= 4 is 17.2 Å². The van der Waals surface area contributed by atoms with Crippen LogP contribution in [0.3, 0.4) is 0 Å². The molecule has 0 saturated carbocycles. The van der Waals surface area contributed by atoms with Crippen LogP contribution < -0.4 is 10.6 Å². The fourth-order valence-corrected chi connectivity index (χ4v) is 3.02. The highest BCUT2D eigenvalue weighted by molar-refractivity contribution is 7.11. The fourth-order valence-electron chi connectivity index (χ4n) is 2.16. The van der Waals surface area contributed by atoms with Crippen molar-refractivity contribution in [1.82, 2.24) is 10.6 Å². The molecule has 0 saturated heterocycles. The summed E-state index contributed by atoms with van der Waals surface area (Å²) >= 11 is 1.82. The Balaban J connectivity index is 1.77. The highest BCUT2D eigenvalue weighted by Gasteiger charge is 2.04. The Kier molecular flexibility index (Phi) is 6.62. The van der Waals surface area contributed by atoms with Crippen LogP contribution >= 0.6 is 11.3 Å². The highest BCUT2D eigenvalue weighted by atomic mass is 32.1. The van der Waals surface area contributed by atoms with Crippen molar-refractivity contribution in [3.05, 3.63) is 57.3 Å². The number of hydrogen-bond acceptors (Lipinski definition) is 3. The minimum absolute atomic E-state index is 0.0158. The third-order valence-electron chi connectivity index (χ3n) is 3.46. The summed E-state index contributed by atoms with van der Waals surface area (Å²) in [4.78, 5) is 14.6. The van der Waals surface area contributed by atoms with E-state index in [1.807, 2.05) is 35.6 Å². The summed E-state index contributed by atoms with van der Waals surface area (Å²) in [7, 11) is 0. The third kappa shape index (κ3) is 5.28. The van der Waals surface area contributed by atoms with E-state index in [2.05, 4.69) is 36.6 Å². The Labute approximate surface area is 136 Å². The second kappa shape index (κ2) is 8.71. The van der Waals surface area contributed by atoms with Crippen LogP contribution in [0.15, 0.2) is 36.4 Å². The zero-order valence-electron chi connectivity index (χ0n) is 13.3. The first-order valence-electron chi connectivity index (χ1n) is 7.82. The average molecular weight is 316 g/mol. The number of nitrogens with one attached hydrogen (secondary N) is 2. The molecule has 2 rings (SSSR count). The highest BCUT2D eigenvalue weighted by Crippen LogP contribution is 2.14. The molecule has 0 radical (unpaired) electrons. The molecule has 0 aliphatic heterocycles. The summed E-state index contributed by atoms with van der Waals surface area (Å²) < 4.78 is 0. The van der Waals surface area contributed by atoms with Crippen LogP contribution in [-0.2, 0) is 13.1 Å². The van der Waals surface area contributed by atoms with Gasteiger partial charge in [0, 0.05) is 35.0 Å². The van der Waals surface area contributed by atoms with E-state index in [0.29, 0.717) is 0 Å². The summed E-state index contributed by atoms with van der Waals surface area (Å²) in [6.07, 6.45) is 2.12.